The normalized spacial score (nSPS) is 9.95. The third kappa shape index (κ3) is 3.27. The molecule has 0 bridgehead atoms. The monoisotopic (exact) mass is 287 g/mol. The largest absolute Gasteiger partial charge is 0.497 e. The Labute approximate surface area is 120 Å². The lowest BCUT2D eigenvalue weighted by Gasteiger charge is -2.07. The van der Waals surface area contributed by atoms with Crippen LogP contribution in [0.4, 0.5) is 17.1 Å². The molecule has 0 spiro atoms. The van der Waals surface area contributed by atoms with Gasteiger partial charge in [-0.2, -0.15) is 0 Å². The number of nitro benzene ring substituents is 1. The molecule has 21 heavy (non-hydrogen) atoms. The van der Waals surface area contributed by atoms with Crippen molar-refractivity contribution in [1.82, 2.24) is 0 Å². The second-order valence-electron chi connectivity index (χ2n) is 4.21. The van der Waals surface area contributed by atoms with E-state index in [4.69, 9.17) is 10.5 Å². The first kappa shape index (κ1) is 14.3. The van der Waals surface area contributed by atoms with E-state index in [1.807, 2.05) is 0 Å². The zero-order valence-electron chi connectivity index (χ0n) is 11.2. The number of anilines is 2. The van der Waals surface area contributed by atoms with Crippen LogP contribution in [0.15, 0.2) is 42.5 Å². The van der Waals surface area contributed by atoms with Crippen LogP contribution in [-0.2, 0) is 0 Å². The van der Waals surface area contributed by atoms with Gasteiger partial charge in [0.15, 0.2) is 0 Å². The molecule has 3 N–H and O–H groups in total. The number of hydrogen-bond donors (Lipinski definition) is 2. The number of methoxy groups -OCH3 is 1. The molecule has 7 heteroatoms. The minimum atomic E-state index is -0.597. The minimum Gasteiger partial charge on any atom is -0.497 e. The van der Waals surface area contributed by atoms with E-state index in [0.717, 1.165) is 0 Å². The first-order chi connectivity index (χ1) is 10.0. The SMILES string of the molecule is COc1ccc(NC(=O)c2ccc([N+](=O)[O-])c(N)c2)cc1. The standard InChI is InChI=1S/C14H13N3O4/c1-21-11-5-3-10(4-6-11)16-14(18)9-2-7-13(17(19)20)12(15)8-9/h2-8H,15H2,1H3,(H,16,18). The van der Waals surface area contributed by atoms with Crippen LogP contribution in [-0.4, -0.2) is 17.9 Å². The highest BCUT2D eigenvalue weighted by molar-refractivity contribution is 6.05. The van der Waals surface area contributed by atoms with Crippen LogP contribution in [0.3, 0.4) is 0 Å². The molecule has 0 aliphatic heterocycles. The van der Waals surface area contributed by atoms with E-state index < -0.39 is 10.8 Å². The van der Waals surface area contributed by atoms with Gasteiger partial charge in [0, 0.05) is 17.3 Å². The maximum Gasteiger partial charge on any atom is 0.292 e. The van der Waals surface area contributed by atoms with Gasteiger partial charge < -0.3 is 15.8 Å². The Morgan fingerprint density at radius 1 is 1.24 bits per heavy atom. The minimum absolute atomic E-state index is 0.0534. The summed E-state index contributed by atoms with van der Waals surface area (Å²) < 4.78 is 5.02. The third-order valence-electron chi connectivity index (χ3n) is 2.83. The molecule has 0 atom stereocenters. The summed E-state index contributed by atoms with van der Waals surface area (Å²) in [4.78, 5) is 22.1. The smallest absolute Gasteiger partial charge is 0.292 e. The van der Waals surface area contributed by atoms with Crippen molar-refractivity contribution in [2.24, 2.45) is 0 Å². The van der Waals surface area contributed by atoms with Gasteiger partial charge in [-0.05, 0) is 36.4 Å². The number of carbonyl (C=O) groups excluding carboxylic acids is 1. The quantitative estimate of drug-likeness (QED) is 0.510. The van der Waals surface area contributed by atoms with Crippen LogP contribution in [0.5, 0.6) is 5.75 Å². The van der Waals surface area contributed by atoms with Gasteiger partial charge in [0.25, 0.3) is 11.6 Å². The lowest BCUT2D eigenvalue weighted by Crippen LogP contribution is -2.12. The van der Waals surface area contributed by atoms with Crippen LogP contribution in [0.25, 0.3) is 0 Å². The van der Waals surface area contributed by atoms with Crippen LogP contribution < -0.4 is 15.8 Å². The number of nitrogens with two attached hydrogens (primary N) is 1. The Morgan fingerprint density at radius 2 is 1.90 bits per heavy atom. The number of carbonyl (C=O) groups is 1. The fourth-order valence-corrected chi connectivity index (χ4v) is 1.74. The predicted molar refractivity (Wildman–Crippen MR) is 78.5 cm³/mol. The molecule has 0 aliphatic rings. The fraction of sp³-hybridized carbons (Fsp3) is 0.0714. The molecule has 0 radical (unpaired) electrons. The van der Waals surface area contributed by atoms with E-state index in [2.05, 4.69) is 5.32 Å². The molecule has 2 aromatic carbocycles. The summed E-state index contributed by atoms with van der Waals surface area (Å²) in [7, 11) is 1.55. The highest BCUT2D eigenvalue weighted by Crippen LogP contribution is 2.23. The number of nitrogens with zero attached hydrogens (tertiary/aromatic N) is 1. The molecule has 1 amide bonds. The third-order valence-corrected chi connectivity index (χ3v) is 2.83. The average molecular weight is 287 g/mol. The van der Waals surface area contributed by atoms with Crippen LogP contribution in [0.1, 0.15) is 10.4 Å². The van der Waals surface area contributed by atoms with Crippen molar-refractivity contribution in [3.8, 4) is 5.75 Å². The van der Waals surface area contributed by atoms with Crippen molar-refractivity contribution in [3.63, 3.8) is 0 Å². The molecule has 7 nitrogen and oxygen atoms in total. The Kier molecular flexibility index (Phi) is 4.03. The van der Waals surface area contributed by atoms with Gasteiger partial charge in [-0.3, -0.25) is 14.9 Å². The van der Waals surface area contributed by atoms with Crippen molar-refractivity contribution in [2.75, 3.05) is 18.2 Å². The highest BCUT2D eigenvalue weighted by Gasteiger charge is 2.14. The number of nitro groups is 1. The average Bonchev–Trinajstić information content (AvgIpc) is 2.47. The molecule has 0 aromatic heterocycles. The molecule has 0 aliphatic carbocycles. The molecule has 0 fully saturated rings. The van der Waals surface area contributed by atoms with Crippen LogP contribution >= 0.6 is 0 Å². The maximum absolute atomic E-state index is 12.0. The van der Waals surface area contributed by atoms with E-state index in [0.29, 0.717) is 11.4 Å². The van der Waals surface area contributed by atoms with Gasteiger partial charge in [0.1, 0.15) is 11.4 Å². The first-order valence-electron chi connectivity index (χ1n) is 6.00. The summed E-state index contributed by atoms with van der Waals surface area (Å²) >= 11 is 0. The molecule has 2 aromatic rings. The van der Waals surface area contributed by atoms with Crippen molar-refractivity contribution in [2.45, 2.75) is 0 Å². The van der Waals surface area contributed by atoms with Crippen LogP contribution in [0, 0.1) is 10.1 Å². The molecule has 2 rings (SSSR count). The summed E-state index contributed by atoms with van der Waals surface area (Å²) in [5.74, 6) is 0.273. The lowest BCUT2D eigenvalue weighted by molar-refractivity contribution is -0.383. The summed E-state index contributed by atoms with van der Waals surface area (Å²) in [5, 5.41) is 13.3. The van der Waals surface area contributed by atoms with Gasteiger partial charge in [-0.1, -0.05) is 0 Å². The topological polar surface area (TPSA) is 107 Å². The van der Waals surface area contributed by atoms with Crippen LogP contribution in [0.2, 0.25) is 0 Å². The second kappa shape index (κ2) is 5.91. The van der Waals surface area contributed by atoms with Crippen molar-refractivity contribution in [1.29, 1.82) is 0 Å². The number of benzene rings is 2. The van der Waals surface area contributed by atoms with Gasteiger partial charge >= 0.3 is 0 Å². The fourth-order valence-electron chi connectivity index (χ4n) is 1.74. The molecule has 0 unspecified atom stereocenters. The molecular weight excluding hydrogens is 274 g/mol. The molecule has 0 saturated heterocycles. The summed E-state index contributed by atoms with van der Waals surface area (Å²) in [5.41, 5.74) is 6.10. The molecule has 108 valence electrons. The van der Waals surface area contributed by atoms with E-state index in [9.17, 15) is 14.9 Å². The van der Waals surface area contributed by atoms with Crippen molar-refractivity contribution in [3.05, 3.63) is 58.1 Å². The zero-order valence-corrected chi connectivity index (χ0v) is 11.2. The number of nitrogen functional groups attached to an aromatic ring is 1. The summed E-state index contributed by atoms with van der Waals surface area (Å²) in [6.45, 7) is 0. The number of rotatable bonds is 4. The van der Waals surface area contributed by atoms with E-state index >= 15 is 0 Å². The van der Waals surface area contributed by atoms with E-state index in [1.165, 1.54) is 18.2 Å². The Bertz CT molecular complexity index is 683. The highest BCUT2D eigenvalue weighted by atomic mass is 16.6. The zero-order chi connectivity index (χ0) is 15.4. The number of hydrogen-bond acceptors (Lipinski definition) is 5. The van der Waals surface area contributed by atoms with Gasteiger partial charge in [0.05, 0.1) is 12.0 Å². The first-order valence-corrected chi connectivity index (χ1v) is 6.00. The Hall–Kier alpha value is -3.09. The van der Waals surface area contributed by atoms with E-state index in [1.54, 1.807) is 31.4 Å². The van der Waals surface area contributed by atoms with Gasteiger partial charge in [-0.25, -0.2) is 0 Å². The summed E-state index contributed by atoms with van der Waals surface area (Å²) in [6, 6.07) is 10.6. The maximum atomic E-state index is 12.0. The number of amides is 1. The Morgan fingerprint density at radius 3 is 2.43 bits per heavy atom. The summed E-state index contributed by atoms with van der Waals surface area (Å²) in [6.07, 6.45) is 0. The second-order valence-corrected chi connectivity index (χ2v) is 4.21. The van der Waals surface area contributed by atoms with Crippen molar-refractivity contribution >= 4 is 23.0 Å². The van der Waals surface area contributed by atoms with Gasteiger partial charge in [0.2, 0.25) is 0 Å². The van der Waals surface area contributed by atoms with Crippen molar-refractivity contribution < 1.29 is 14.5 Å². The number of nitrogens with one attached hydrogen (secondary N) is 1. The number of ether oxygens (including phenoxy) is 1. The van der Waals surface area contributed by atoms with E-state index in [-0.39, 0.29) is 16.9 Å². The molecular formula is C14H13N3O4. The lowest BCUT2D eigenvalue weighted by atomic mass is 10.1. The van der Waals surface area contributed by atoms with Gasteiger partial charge in [-0.15, -0.1) is 0 Å². The molecule has 0 saturated carbocycles. The Balaban J connectivity index is 2.16. The predicted octanol–water partition coefficient (Wildman–Crippen LogP) is 2.44. The molecule has 0 heterocycles.